The summed E-state index contributed by atoms with van der Waals surface area (Å²) >= 11 is 5.80. The molecule has 0 fully saturated rings. The Labute approximate surface area is 103 Å². The minimum atomic E-state index is -0.619. The highest BCUT2D eigenvalue weighted by Gasteiger charge is 2.27. The predicted molar refractivity (Wildman–Crippen MR) is 64.4 cm³/mol. The number of nitrogens with one attached hydrogen (secondary N) is 1. The van der Waals surface area contributed by atoms with Crippen LogP contribution in [0.15, 0.2) is 17.2 Å². The van der Waals surface area contributed by atoms with Crippen LogP contribution in [0.3, 0.4) is 0 Å². The number of fused-ring (bicyclic) bond motifs is 1. The Morgan fingerprint density at radius 2 is 2.12 bits per heavy atom. The zero-order valence-electron chi connectivity index (χ0n) is 9.33. The van der Waals surface area contributed by atoms with E-state index >= 15 is 0 Å². The van der Waals surface area contributed by atoms with Crippen molar-refractivity contribution < 1.29 is 14.3 Å². The van der Waals surface area contributed by atoms with Crippen molar-refractivity contribution in [2.75, 3.05) is 7.05 Å². The molecule has 1 aromatic rings. The molecule has 88 valence electrons. The van der Waals surface area contributed by atoms with E-state index in [-0.39, 0.29) is 16.6 Å². The largest absolute Gasteiger partial charge is 0.412 e. The van der Waals surface area contributed by atoms with E-state index in [0.29, 0.717) is 11.1 Å². The van der Waals surface area contributed by atoms with Gasteiger partial charge in [-0.05, 0) is 30.2 Å². The summed E-state index contributed by atoms with van der Waals surface area (Å²) < 4.78 is 5.02. The lowest BCUT2D eigenvalue weighted by molar-refractivity contribution is 0.104. The predicted octanol–water partition coefficient (Wildman–Crippen LogP) is 2.49. The molecule has 0 saturated heterocycles. The molecule has 1 aliphatic carbocycles. The third-order valence-corrected chi connectivity index (χ3v) is 2.83. The molecule has 0 aliphatic heterocycles. The number of Topliss-reactive ketones (excluding diaryl/α,β-unsaturated/α-hetero) is 1. The fourth-order valence-corrected chi connectivity index (χ4v) is 1.88. The normalized spacial score (nSPS) is 13.1. The van der Waals surface area contributed by atoms with Crippen LogP contribution in [-0.2, 0) is 0 Å². The lowest BCUT2D eigenvalue weighted by atomic mass is 10.0. The van der Waals surface area contributed by atoms with Crippen molar-refractivity contribution in [2.24, 2.45) is 0 Å². The topological polar surface area (TPSA) is 55.4 Å². The molecule has 1 amide bonds. The average Bonchev–Trinajstić information content (AvgIpc) is 2.61. The van der Waals surface area contributed by atoms with Crippen LogP contribution in [-0.4, -0.2) is 18.9 Å². The van der Waals surface area contributed by atoms with Crippen LogP contribution in [0.2, 0.25) is 0 Å². The van der Waals surface area contributed by atoms with Gasteiger partial charge in [0.2, 0.25) is 5.78 Å². The molecule has 1 aliphatic rings. The fraction of sp³-hybridized carbons (Fsp3) is 0.167. The second-order valence-corrected chi connectivity index (χ2v) is 4.04. The van der Waals surface area contributed by atoms with Gasteiger partial charge in [-0.2, -0.15) is 0 Å². The highest BCUT2D eigenvalue weighted by Crippen LogP contribution is 2.36. The molecule has 17 heavy (non-hydrogen) atoms. The molecule has 1 aromatic carbocycles. The second-order valence-electron chi connectivity index (χ2n) is 3.63. The Morgan fingerprint density at radius 1 is 1.41 bits per heavy atom. The van der Waals surface area contributed by atoms with Crippen LogP contribution < -0.4 is 10.1 Å². The third kappa shape index (κ3) is 1.91. The van der Waals surface area contributed by atoms with Gasteiger partial charge in [-0.25, -0.2) is 4.79 Å². The molecule has 0 saturated carbocycles. The van der Waals surface area contributed by atoms with Crippen LogP contribution in [0.1, 0.15) is 21.5 Å². The minimum Gasteiger partial charge on any atom is -0.410 e. The Balaban J connectivity index is 2.50. The van der Waals surface area contributed by atoms with Crippen molar-refractivity contribution in [3.63, 3.8) is 0 Å². The first-order valence-electron chi connectivity index (χ1n) is 4.99. The number of allylic oxidation sites excluding steroid dienone is 1. The van der Waals surface area contributed by atoms with Gasteiger partial charge < -0.3 is 10.1 Å². The van der Waals surface area contributed by atoms with Gasteiger partial charge in [0.1, 0.15) is 5.75 Å². The van der Waals surface area contributed by atoms with E-state index in [1.807, 2.05) is 6.92 Å². The highest BCUT2D eigenvalue weighted by atomic mass is 35.5. The number of benzene rings is 1. The lowest BCUT2D eigenvalue weighted by Gasteiger charge is -2.09. The second kappa shape index (κ2) is 4.22. The van der Waals surface area contributed by atoms with Gasteiger partial charge in [0, 0.05) is 7.05 Å². The van der Waals surface area contributed by atoms with Gasteiger partial charge >= 0.3 is 6.09 Å². The number of ketones is 1. The first-order chi connectivity index (χ1) is 8.04. The zero-order chi connectivity index (χ0) is 12.6. The maximum atomic E-state index is 11.8. The molecule has 4 nitrogen and oxygen atoms in total. The first-order valence-corrected chi connectivity index (χ1v) is 5.37. The van der Waals surface area contributed by atoms with Gasteiger partial charge in [-0.1, -0.05) is 17.7 Å². The minimum absolute atomic E-state index is 0.135. The Hall–Kier alpha value is -1.81. The molecule has 5 heteroatoms. The summed E-state index contributed by atoms with van der Waals surface area (Å²) in [4.78, 5) is 23.0. The number of ether oxygens (including phenoxy) is 1. The average molecular weight is 252 g/mol. The summed E-state index contributed by atoms with van der Waals surface area (Å²) in [6, 6.07) is 3.36. The summed E-state index contributed by atoms with van der Waals surface area (Å²) in [5, 5.41) is 2.46. The van der Waals surface area contributed by atoms with Crippen molar-refractivity contribution in [2.45, 2.75) is 6.92 Å². The Bertz CT molecular complexity index is 549. The molecule has 0 aromatic heterocycles. The molecule has 0 unspecified atom stereocenters. The van der Waals surface area contributed by atoms with Gasteiger partial charge in [0.15, 0.2) is 0 Å². The van der Waals surface area contributed by atoms with Crippen molar-refractivity contribution >= 4 is 29.6 Å². The zero-order valence-corrected chi connectivity index (χ0v) is 10.1. The van der Waals surface area contributed by atoms with E-state index in [9.17, 15) is 9.59 Å². The van der Waals surface area contributed by atoms with E-state index in [2.05, 4.69) is 5.32 Å². The molecule has 0 atom stereocenters. The van der Waals surface area contributed by atoms with Crippen molar-refractivity contribution in [3.8, 4) is 5.75 Å². The number of halogens is 1. The maximum absolute atomic E-state index is 11.8. The number of carbonyl (C=O) groups is 2. The summed E-state index contributed by atoms with van der Waals surface area (Å²) in [5.74, 6) is -0.0916. The first kappa shape index (κ1) is 11.7. The molecular formula is C12H10ClNO3. The number of aryl methyl sites for hydroxylation is 1. The van der Waals surface area contributed by atoms with Gasteiger partial charge in [0.05, 0.1) is 10.6 Å². The van der Waals surface area contributed by atoms with Crippen LogP contribution >= 0.6 is 11.6 Å². The highest BCUT2D eigenvalue weighted by molar-refractivity contribution is 6.49. The SMILES string of the molecule is CNC(=O)Oc1ccc(C)c2c1C(=O)C(Cl)=C2. The smallest absolute Gasteiger partial charge is 0.410 e. The van der Waals surface area contributed by atoms with Crippen LogP contribution in [0.25, 0.3) is 6.08 Å². The van der Waals surface area contributed by atoms with E-state index in [4.69, 9.17) is 16.3 Å². The van der Waals surface area contributed by atoms with Crippen molar-refractivity contribution in [1.29, 1.82) is 0 Å². The number of amides is 1. The summed E-state index contributed by atoms with van der Waals surface area (Å²) in [6.07, 6.45) is 0.970. The molecule has 0 bridgehead atoms. The molecular weight excluding hydrogens is 242 g/mol. The summed E-state index contributed by atoms with van der Waals surface area (Å²) in [6.45, 7) is 1.86. The van der Waals surface area contributed by atoms with Crippen molar-refractivity contribution in [1.82, 2.24) is 5.32 Å². The van der Waals surface area contributed by atoms with Crippen LogP contribution in [0, 0.1) is 6.92 Å². The lowest BCUT2D eigenvalue weighted by Crippen LogP contribution is -2.23. The van der Waals surface area contributed by atoms with Crippen LogP contribution in [0.5, 0.6) is 5.75 Å². The van der Waals surface area contributed by atoms with E-state index < -0.39 is 6.09 Å². The molecule has 2 rings (SSSR count). The van der Waals surface area contributed by atoms with Gasteiger partial charge in [-0.3, -0.25) is 4.79 Å². The van der Waals surface area contributed by atoms with E-state index in [1.165, 1.54) is 7.05 Å². The monoisotopic (exact) mass is 251 g/mol. The number of hydrogen-bond donors (Lipinski definition) is 1. The summed E-state index contributed by atoms with van der Waals surface area (Å²) in [7, 11) is 1.45. The number of carbonyl (C=O) groups excluding carboxylic acids is 2. The summed E-state index contributed by atoms with van der Waals surface area (Å²) in [5.41, 5.74) is 1.97. The van der Waals surface area contributed by atoms with Crippen LogP contribution in [0.4, 0.5) is 4.79 Å². The Morgan fingerprint density at radius 3 is 2.76 bits per heavy atom. The maximum Gasteiger partial charge on any atom is 0.412 e. The number of hydrogen-bond acceptors (Lipinski definition) is 3. The quantitative estimate of drug-likeness (QED) is 0.834. The number of rotatable bonds is 1. The molecule has 1 N–H and O–H groups in total. The van der Waals surface area contributed by atoms with Gasteiger partial charge in [0.25, 0.3) is 0 Å². The van der Waals surface area contributed by atoms with E-state index in [1.54, 1.807) is 18.2 Å². The van der Waals surface area contributed by atoms with Crippen molar-refractivity contribution in [3.05, 3.63) is 33.9 Å². The standard InChI is InChI=1S/C12H10ClNO3/c1-6-3-4-9(17-12(16)14-2)10-7(6)5-8(13)11(10)15/h3-5H,1-2H3,(H,14,16). The fourth-order valence-electron chi connectivity index (χ4n) is 1.67. The Kier molecular flexibility index (Phi) is 2.90. The molecule has 0 radical (unpaired) electrons. The van der Waals surface area contributed by atoms with Gasteiger partial charge in [-0.15, -0.1) is 0 Å². The molecule has 0 spiro atoms. The molecule has 0 heterocycles. The third-order valence-electron chi connectivity index (χ3n) is 2.55. The van der Waals surface area contributed by atoms with E-state index in [0.717, 1.165) is 5.56 Å².